The summed E-state index contributed by atoms with van der Waals surface area (Å²) in [7, 11) is 0.0565. The highest BCUT2D eigenvalue weighted by molar-refractivity contribution is 6.90. The molecule has 1 atom stereocenters. The smallest absolute Gasteiger partial charge is 0.135 e. The molecule has 0 fully saturated rings. The molecule has 0 aliphatic rings. The molecule has 0 saturated carbocycles. The first-order valence-corrected chi connectivity index (χ1v) is 14.1. The summed E-state index contributed by atoms with van der Waals surface area (Å²) in [5.74, 6) is 1.34. The normalized spacial score (nSPS) is 13.1. The standard InChI is InChI=1S/C26H38O3Si/c1-21(20-30(5,6)24-10-8-7-9-11-24)25(27)18-26(2,3)16-17-29-19-22-12-14-23(28-4)15-13-22/h7-15,21H,16-20H2,1-6H3/t21-/m0/s1. The fourth-order valence-corrected chi connectivity index (χ4v) is 6.97. The summed E-state index contributed by atoms with van der Waals surface area (Å²) in [4.78, 5) is 13.0. The molecule has 0 unspecified atom stereocenters. The zero-order chi connectivity index (χ0) is 22.2. The van der Waals surface area contributed by atoms with Gasteiger partial charge in [0.1, 0.15) is 11.5 Å². The summed E-state index contributed by atoms with van der Waals surface area (Å²) < 4.78 is 11.0. The monoisotopic (exact) mass is 426 g/mol. The van der Waals surface area contributed by atoms with E-state index in [1.807, 2.05) is 24.3 Å². The first-order chi connectivity index (χ1) is 14.1. The Morgan fingerprint density at radius 2 is 1.67 bits per heavy atom. The molecule has 0 amide bonds. The van der Waals surface area contributed by atoms with Gasteiger partial charge in [0, 0.05) is 18.9 Å². The Bertz CT molecular complexity index is 782. The third-order valence-electron chi connectivity index (χ3n) is 5.93. The van der Waals surface area contributed by atoms with E-state index >= 15 is 0 Å². The molecule has 0 spiro atoms. The van der Waals surface area contributed by atoms with E-state index in [4.69, 9.17) is 9.47 Å². The highest BCUT2D eigenvalue weighted by Crippen LogP contribution is 2.29. The molecule has 0 bridgehead atoms. The van der Waals surface area contributed by atoms with Gasteiger partial charge in [-0.15, -0.1) is 0 Å². The van der Waals surface area contributed by atoms with Crippen molar-refractivity contribution in [3.8, 4) is 5.75 Å². The van der Waals surface area contributed by atoms with Crippen molar-refractivity contribution < 1.29 is 14.3 Å². The van der Waals surface area contributed by atoms with Crippen LogP contribution in [0.15, 0.2) is 54.6 Å². The van der Waals surface area contributed by atoms with Gasteiger partial charge in [0.25, 0.3) is 0 Å². The SMILES string of the molecule is COc1ccc(COCCC(C)(C)CC(=O)[C@@H](C)C[Si](C)(C)c2ccccc2)cc1. The average Bonchev–Trinajstić information content (AvgIpc) is 2.71. The summed E-state index contributed by atoms with van der Waals surface area (Å²) in [6.07, 6.45) is 1.49. The van der Waals surface area contributed by atoms with Crippen molar-refractivity contribution in [1.29, 1.82) is 0 Å². The predicted octanol–water partition coefficient (Wildman–Crippen LogP) is 5.84. The first-order valence-electron chi connectivity index (χ1n) is 10.9. The van der Waals surface area contributed by atoms with Gasteiger partial charge in [-0.3, -0.25) is 4.79 Å². The lowest BCUT2D eigenvalue weighted by Crippen LogP contribution is -2.43. The second kappa shape index (κ2) is 10.9. The third kappa shape index (κ3) is 7.73. The van der Waals surface area contributed by atoms with Crippen LogP contribution in [-0.4, -0.2) is 27.6 Å². The van der Waals surface area contributed by atoms with Crippen LogP contribution in [0.5, 0.6) is 5.75 Å². The molecular formula is C26H38O3Si. The second-order valence-corrected chi connectivity index (χ2v) is 14.6. The molecule has 0 aliphatic heterocycles. The number of carbonyl (C=O) groups is 1. The number of carbonyl (C=O) groups excluding carboxylic acids is 1. The van der Waals surface area contributed by atoms with E-state index in [2.05, 4.69) is 64.2 Å². The summed E-state index contributed by atoms with van der Waals surface area (Å²) in [5, 5.41) is 1.43. The fraction of sp³-hybridized carbons (Fsp3) is 0.500. The number of ketones is 1. The molecule has 2 aromatic rings. The van der Waals surface area contributed by atoms with Gasteiger partial charge in [-0.2, -0.15) is 0 Å². The van der Waals surface area contributed by atoms with Gasteiger partial charge in [0.15, 0.2) is 0 Å². The molecule has 4 heteroatoms. The van der Waals surface area contributed by atoms with Crippen LogP contribution in [0.25, 0.3) is 0 Å². The van der Waals surface area contributed by atoms with Crippen LogP contribution in [0, 0.1) is 11.3 Å². The maximum Gasteiger partial charge on any atom is 0.135 e. The zero-order valence-corrected chi connectivity index (χ0v) is 20.5. The van der Waals surface area contributed by atoms with Crippen molar-refractivity contribution >= 4 is 19.0 Å². The van der Waals surface area contributed by atoms with E-state index in [0.717, 1.165) is 23.8 Å². The number of hydrogen-bond acceptors (Lipinski definition) is 3. The molecule has 2 rings (SSSR count). The number of methoxy groups -OCH3 is 1. The first kappa shape index (κ1) is 24.4. The zero-order valence-electron chi connectivity index (χ0n) is 19.5. The minimum Gasteiger partial charge on any atom is -0.497 e. The van der Waals surface area contributed by atoms with Crippen molar-refractivity contribution in [2.75, 3.05) is 13.7 Å². The highest BCUT2D eigenvalue weighted by atomic mass is 28.3. The van der Waals surface area contributed by atoms with Crippen LogP contribution in [-0.2, 0) is 16.1 Å². The van der Waals surface area contributed by atoms with Crippen molar-refractivity contribution in [3.05, 3.63) is 60.2 Å². The Morgan fingerprint density at radius 1 is 1.03 bits per heavy atom. The molecule has 164 valence electrons. The molecule has 0 heterocycles. The van der Waals surface area contributed by atoms with E-state index in [1.165, 1.54) is 5.19 Å². The lowest BCUT2D eigenvalue weighted by Gasteiger charge is -2.29. The van der Waals surface area contributed by atoms with Crippen LogP contribution < -0.4 is 9.92 Å². The van der Waals surface area contributed by atoms with Crippen molar-refractivity contribution in [2.45, 2.75) is 59.4 Å². The predicted molar refractivity (Wildman–Crippen MR) is 128 cm³/mol. The summed E-state index contributed by atoms with van der Waals surface area (Å²) in [5.41, 5.74) is 1.08. The van der Waals surface area contributed by atoms with E-state index < -0.39 is 8.07 Å². The lowest BCUT2D eigenvalue weighted by atomic mass is 9.82. The average molecular weight is 427 g/mol. The van der Waals surface area contributed by atoms with Crippen LogP contribution >= 0.6 is 0 Å². The lowest BCUT2D eigenvalue weighted by molar-refractivity contribution is -0.124. The topological polar surface area (TPSA) is 35.5 Å². The van der Waals surface area contributed by atoms with E-state index in [-0.39, 0.29) is 11.3 Å². The molecule has 0 N–H and O–H groups in total. The quantitative estimate of drug-likeness (QED) is 0.316. The largest absolute Gasteiger partial charge is 0.497 e. The number of Topliss-reactive ketones (excluding diaryl/α,β-unsaturated/α-hetero) is 1. The summed E-state index contributed by atoms with van der Waals surface area (Å²) in [6, 6.07) is 19.6. The molecule has 30 heavy (non-hydrogen) atoms. The van der Waals surface area contributed by atoms with Crippen molar-refractivity contribution in [3.63, 3.8) is 0 Å². The van der Waals surface area contributed by atoms with Crippen LogP contribution in [0.3, 0.4) is 0 Å². The number of ether oxygens (including phenoxy) is 2. The van der Waals surface area contributed by atoms with Crippen LogP contribution in [0.4, 0.5) is 0 Å². The van der Waals surface area contributed by atoms with Gasteiger partial charge >= 0.3 is 0 Å². The van der Waals surface area contributed by atoms with Gasteiger partial charge in [0.05, 0.1) is 21.8 Å². The molecule has 0 aromatic heterocycles. The van der Waals surface area contributed by atoms with Gasteiger partial charge in [0.2, 0.25) is 0 Å². The molecule has 0 radical (unpaired) electrons. The number of hydrogen-bond donors (Lipinski definition) is 0. The summed E-state index contributed by atoms with van der Waals surface area (Å²) >= 11 is 0. The van der Waals surface area contributed by atoms with E-state index in [9.17, 15) is 4.79 Å². The maximum atomic E-state index is 13.0. The molecule has 2 aromatic carbocycles. The van der Waals surface area contributed by atoms with Gasteiger partial charge in [-0.05, 0) is 35.6 Å². The third-order valence-corrected chi connectivity index (χ3v) is 9.45. The number of benzene rings is 2. The van der Waals surface area contributed by atoms with Gasteiger partial charge in [-0.25, -0.2) is 0 Å². The maximum absolute atomic E-state index is 13.0. The van der Waals surface area contributed by atoms with Gasteiger partial charge < -0.3 is 9.47 Å². The summed E-state index contributed by atoms with van der Waals surface area (Å²) in [6.45, 7) is 12.4. The molecule has 3 nitrogen and oxygen atoms in total. The Kier molecular flexibility index (Phi) is 8.87. The minimum absolute atomic E-state index is 0.0519. The van der Waals surface area contributed by atoms with Crippen LogP contribution in [0.1, 0.15) is 39.2 Å². The van der Waals surface area contributed by atoms with E-state index in [1.54, 1.807) is 7.11 Å². The Balaban J connectivity index is 1.78. The Labute approximate surface area is 183 Å². The Morgan fingerprint density at radius 3 is 2.27 bits per heavy atom. The fourth-order valence-electron chi connectivity index (χ4n) is 3.88. The second-order valence-electron chi connectivity index (χ2n) is 9.81. The Hall–Kier alpha value is -1.91. The van der Waals surface area contributed by atoms with Gasteiger partial charge in [-0.1, -0.05) is 81.5 Å². The van der Waals surface area contributed by atoms with Crippen molar-refractivity contribution in [2.24, 2.45) is 11.3 Å². The van der Waals surface area contributed by atoms with Crippen LogP contribution in [0.2, 0.25) is 19.1 Å². The molecule has 0 saturated heterocycles. The highest BCUT2D eigenvalue weighted by Gasteiger charge is 2.31. The molecule has 0 aliphatic carbocycles. The number of rotatable bonds is 12. The van der Waals surface area contributed by atoms with Crippen molar-refractivity contribution in [1.82, 2.24) is 0 Å². The molecular weight excluding hydrogens is 388 g/mol. The minimum atomic E-state index is -1.61. The van der Waals surface area contributed by atoms with E-state index in [0.29, 0.717) is 25.4 Å².